The lowest BCUT2D eigenvalue weighted by molar-refractivity contribution is -0.127. The van der Waals surface area contributed by atoms with E-state index in [0.717, 1.165) is 35.4 Å². The van der Waals surface area contributed by atoms with Crippen LogP contribution in [0.4, 0.5) is 21.9 Å². The summed E-state index contributed by atoms with van der Waals surface area (Å²) in [6, 6.07) is 19.4. The number of hydrogen-bond donors (Lipinski definition) is 2. The summed E-state index contributed by atoms with van der Waals surface area (Å²) in [4.78, 5) is 54.2. The first-order chi connectivity index (χ1) is 22.3. The Bertz CT molecular complexity index is 1620. The summed E-state index contributed by atoms with van der Waals surface area (Å²) in [5, 5.41) is 4.97. The van der Waals surface area contributed by atoms with Crippen molar-refractivity contribution in [3.63, 3.8) is 0 Å². The smallest absolute Gasteiger partial charge is 0.294 e. The maximum atomic E-state index is 13.1. The number of morpholine rings is 1. The van der Waals surface area contributed by atoms with Gasteiger partial charge in [0.25, 0.3) is 17.1 Å². The second-order valence-corrected chi connectivity index (χ2v) is 11.1. The quantitative estimate of drug-likeness (QED) is 0.268. The predicted octanol–water partition coefficient (Wildman–Crippen LogP) is 4.62. The molecular weight excluding hydrogens is 612 g/mol. The van der Waals surface area contributed by atoms with Crippen LogP contribution in [0.15, 0.2) is 71.6 Å². The number of methoxy groups -OCH3 is 1. The van der Waals surface area contributed by atoms with Gasteiger partial charge in [-0.1, -0.05) is 18.2 Å². The number of ether oxygens (including phenoxy) is 4. The molecule has 2 aliphatic rings. The Labute approximate surface area is 270 Å². The first kappa shape index (κ1) is 32.4. The van der Waals surface area contributed by atoms with E-state index in [-0.39, 0.29) is 17.4 Å². The third kappa shape index (κ3) is 8.17. The van der Waals surface area contributed by atoms with Crippen molar-refractivity contribution in [2.45, 2.75) is 6.92 Å². The lowest BCUT2D eigenvalue weighted by Gasteiger charge is -2.28. The van der Waals surface area contributed by atoms with Crippen molar-refractivity contribution in [1.82, 2.24) is 4.90 Å². The second kappa shape index (κ2) is 15.3. The van der Waals surface area contributed by atoms with E-state index < -0.39 is 23.6 Å². The number of para-hydroxylation sites is 2. The van der Waals surface area contributed by atoms with Gasteiger partial charge in [0.15, 0.2) is 18.1 Å². The average molecular weight is 647 g/mol. The maximum Gasteiger partial charge on any atom is 0.294 e. The molecule has 12 nitrogen and oxygen atoms in total. The van der Waals surface area contributed by atoms with Gasteiger partial charge in [0.2, 0.25) is 5.91 Å². The van der Waals surface area contributed by atoms with Crippen molar-refractivity contribution < 1.29 is 38.1 Å². The van der Waals surface area contributed by atoms with Gasteiger partial charge in [-0.2, -0.15) is 0 Å². The molecule has 0 aromatic heterocycles. The number of benzene rings is 3. The molecule has 2 heterocycles. The van der Waals surface area contributed by atoms with Gasteiger partial charge in [-0.3, -0.25) is 24.1 Å². The predicted molar refractivity (Wildman–Crippen MR) is 176 cm³/mol. The number of nitrogens with one attached hydrogen (secondary N) is 2. The number of hydrogen-bond acceptors (Lipinski definition) is 10. The number of nitrogens with zero attached hydrogens (tertiary/aromatic N) is 2. The summed E-state index contributed by atoms with van der Waals surface area (Å²) in [7, 11) is 1.45. The van der Waals surface area contributed by atoms with E-state index in [1.165, 1.54) is 13.2 Å². The number of imide groups is 1. The largest absolute Gasteiger partial charge is 0.493 e. The fraction of sp³-hybridized carbons (Fsp3) is 0.273. The summed E-state index contributed by atoms with van der Waals surface area (Å²) in [6.45, 7) is 4.56. The number of carbonyl (C=O) groups excluding carboxylic acids is 4. The highest BCUT2D eigenvalue weighted by Crippen LogP contribution is 2.35. The van der Waals surface area contributed by atoms with Crippen molar-refractivity contribution >= 4 is 57.9 Å². The first-order valence-electron chi connectivity index (χ1n) is 14.6. The first-order valence-corrected chi connectivity index (χ1v) is 15.5. The standard InChI is InChI=1S/C33H34N4O8S/c1-3-44-26-7-5-4-6-25(26)35-31(39)21-45-27-13-8-22(18-28(27)42-2)19-29-32(40)37(33(41)46-29)20-30(38)34-23-9-11-24(12-10-23)36-14-16-43-17-15-36/h4-13,18-19H,3,14-17,20-21H2,1-2H3,(H,34,38)(H,35,39)/b29-19+. The number of rotatable bonds is 12. The van der Waals surface area contributed by atoms with E-state index in [2.05, 4.69) is 15.5 Å². The Morgan fingerprint density at radius 1 is 0.913 bits per heavy atom. The fourth-order valence-electron chi connectivity index (χ4n) is 4.78. The van der Waals surface area contributed by atoms with Crippen LogP contribution in [0.1, 0.15) is 12.5 Å². The molecule has 46 heavy (non-hydrogen) atoms. The summed E-state index contributed by atoms with van der Waals surface area (Å²) in [5.41, 5.74) is 2.68. The molecule has 0 bridgehead atoms. The molecule has 5 rings (SSSR count). The summed E-state index contributed by atoms with van der Waals surface area (Å²) in [6.07, 6.45) is 1.54. The molecule has 4 amide bonds. The summed E-state index contributed by atoms with van der Waals surface area (Å²) >= 11 is 0.747. The Morgan fingerprint density at radius 3 is 2.41 bits per heavy atom. The fourth-order valence-corrected chi connectivity index (χ4v) is 5.62. The van der Waals surface area contributed by atoms with E-state index in [4.69, 9.17) is 18.9 Å². The van der Waals surface area contributed by atoms with Crippen LogP contribution in [0.25, 0.3) is 6.08 Å². The van der Waals surface area contributed by atoms with Gasteiger partial charge in [-0.25, -0.2) is 0 Å². The molecule has 3 aromatic rings. The van der Waals surface area contributed by atoms with Crippen LogP contribution in [0.5, 0.6) is 17.2 Å². The SMILES string of the molecule is CCOc1ccccc1NC(=O)COc1ccc(/C=C2/SC(=O)N(CC(=O)Nc3ccc(N4CCOCC4)cc3)C2=O)cc1OC. The molecule has 2 N–H and O–H groups in total. The number of thioether (sulfide) groups is 1. The van der Waals surface area contributed by atoms with Gasteiger partial charge in [0.1, 0.15) is 12.3 Å². The Kier molecular flexibility index (Phi) is 10.8. The van der Waals surface area contributed by atoms with Crippen molar-refractivity contribution in [3.8, 4) is 17.2 Å². The van der Waals surface area contributed by atoms with Crippen LogP contribution in [0.2, 0.25) is 0 Å². The molecule has 2 fully saturated rings. The van der Waals surface area contributed by atoms with E-state index in [1.54, 1.807) is 48.5 Å². The topological polar surface area (TPSA) is 136 Å². The van der Waals surface area contributed by atoms with Crippen LogP contribution in [0.3, 0.4) is 0 Å². The zero-order valence-electron chi connectivity index (χ0n) is 25.4. The average Bonchev–Trinajstić information content (AvgIpc) is 3.32. The van der Waals surface area contributed by atoms with Gasteiger partial charge >= 0.3 is 0 Å². The van der Waals surface area contributed by atoms with Crippen LogP contribution in [-0.2, 0) is 19.1 Å². The lowest BCUT2D eigenvalue weighted by atomic mass is 10.2. The third-order valence-electron chi connectivity index (χ3n) is 7.01. The Balaban J connectivity index is 1.16. The van der Waals surface area contributed by atoms with Crippen molar-refractivity contribution in [1.29, 1.82) is 0 Å². The van der Waals surface area contributed by atoms with E-state index in [9.17, 15) is 19.2 Å². The van der Waals surface area contributed by atoms with Gasteiger partial charge in [0, 0.05) is 24.5 Å². The van der Waals surface area contributed by atoms with Crippen LogP contribution < -0.4 is 29.7 Å². The number of anilines is 3. The molecule has 0 saturated carbocycles. The monoisotopic (exact) mass is 646 g/mol. The number of amides is 4. The van der Waals surface area contributed by atoms with Gasteiger partial charge in [0.05, 0.1) is 37.5 Å². The summed E-state index contributed by atoms with van der Waals surface area (Å²) < 4.78 is 22.0. The maximum absolute atomic E-state index is 13.1. The molecule has 3 aromatic carbocycles. The highest BCUT2D eigenvalue weighted by Gasteiger charge is 2.36. The molecule has 0 aliphatic carbocycles. The minimum atomic E-state index is -0.573. The normalized spacial score (nSPS) is 15.6. The molecule has 0 atom stereocenters. The zero-order chi connectivity index (χ0) is 32.5. The van der Waals surface area contributed by atoms with E-state index in [0.29, 0.717) is 54.0 Å². The van der Waals surface area contributed by atoms with E-state index in [1.807, 2.05) is 25.1 Å². The van der Waals surface area contributed by atoms with Crippen LogP contribution in [-0.4, -0.2) is 81.0 Å². The molecule has 2 saturated heterocycles. The molecule has 0 radical (unpaired) electrons. The minimum Gasteiger partial charge on any atom is -0.493 e. The van der Waals surface area contributed by atoms with Crippen molar-refractivity contribution in [3.05, 3.63) is 77.2 Å². The third-order valence-corrected chi connectivity index (χ3v) is 7.92. The second-order valence-electron chi connectivity index (χ2n) is 10.1. The van der Waals surface area contributed by atoms with Crippen LogP contribution >= 0.6 is 11.8 Å². The Morgan fingerprint density at radius 2 is 1.67 bits per heavy atom. The molecule has 0 unspecified atom stereocenters. The minimum absolute atomic E-state index is 0.163. The molecule has 2 aliphatic heterocycles. The van der Waals surface area contributed by atoms with E-state index >= 15 is 0 Å². The molecule has 13 heteroatoms. The molecular formula is C33H34N4O8S. The van der Waals surface area contributed by atoms with Gasteiger partial charge < -0.3 is 34.5 Å². The Hall–Kier alpha value is -5.01. The highest BCUT2D eigenvalue weighted by atomic mass is 32.2. The van der Waals surface area contributed by atoms with Crippen LogP contribution in [0, 0.1) is 0 Å². The zero-order valence-corrected chi connectivity index (χ0v) is 26.3. The van der Waals surface area contributed by atoms with Crippen molar-refractivity contribution in [2.24, 2.45) is 0 Å². The van der Waals surface area contributed by atoms with Gasteiger partial charge in [-0.15, -0.1) is 0 Å². The van der Waals surface area contributed by atoms with Gasteiger partial charge in [-0.05, 0) is 78.9 Å². The molecule has 0 spiro atoms. The van der Waals surface area contributed by atoms with Crippen molar-refractivity contribution in [2.75, 3.05) is 68.7 Å². The number of carbonyl (C=O) groups is 4. The summed E-state index contributed by atoms with van der Waals surface area (Å²) in [5.74, 6) is -0.252. The molecule has 240 valence electrons. The highest BCUT2D eigenvalue weighted by molar-refractivity contribution is 8.18. The lowest BCUT2D eigenvalue weighted by Crippen LogP contribution is -2.36.